The van der Waals surface area contributed by atoms with E-state index in [1.54, 1.807) is 0 Å². The molecule has 3 atom stereocenters. The molecule has 16 heavy (non-hydrogen) atoms. The lowest BCUT2D eigenvalue weighted by atomic mass is 10.0. The molecule has 0 radical (unpaired) electrons. The summed E-state index contributed by atoms with van der Waals surface area (Å²) < 4.78 is 0. The van der Waals surface area contributed by atoms with Gasteiger partial charge in [-0.2, -0.15) is 0 Å². The summed E-state index contributed by atoms with van der Waals surface area (Å²) in [5.74, 6) is 1.71. The van der Waals surface area contributed by atoms with Crippen molar-refractivity contribution in [2.45, 2.75) is 59.4 Å². The van der Waals surface area contributed by atoms with Crippen LogP contribution in [0.5, 0.6) is 0 Å². The molecular weight excluding hydrogens is 196 g/mol. The van der Waals surface area contributed by atoms with Gasteiger partial charge in [0.25, 0.3) is 0 Å². The summed E-state index contributed by atoms with van der Waals surface area (Å²) in [7, 11) is 0. The first kappa shape index (κ1) is 14.0. The summed E-state index contributed by atoms with van der Waals surface area (Å²) in [5.41, 5.74) is 6.36. The zero-order valence-corrected chi connectivity index (χ0v) is 11.6. The Hall–Kier alpha value is -0.0800. The van der Waals surface area contributed by atoms with E-state index in [1.807, 2.05) is 0 Å². The van der Waals surface area contributed by atoms with Gasteiger partial charge in [0.15, 0.2) is 0 Å². The highest BCUT2D eigenvalue weighted by Gasteiger charge is 2.44. The SMILES string of the molecule is CC(N)CCCC(C)CNCC1CC1(C)C. The molecule has 3 unspecified atom stereocenters. The third-order valence-electron chi connectivity index (χ3n) is 3.96. The van der Waals surface area contributed by atoms with Gasteiger partial charge in [-0.3, -0.25) is 0 Å². The lowest BCUT2D eigenvalue weighted by molar-refractivity contribution is 0.431. The summed E-state index contributed by atoms with van der Waals surface area (Å²) in [6.07, 6.45) is 5.15. The summed E-state index contributed by atoms with van der Waals surface area (Å²) in [6, 6.07) is 0.368. The molecule has 1 rings (SSSR count). The average Bonchev–Trinajstić information content (AvgIpc) is 2.73. The van der Waals surface area contributed by atoms with Crippen molar-refractivity contribution in [1.29, 1.82) is 0 Å². The lowest BCUT2D eigenvalue weighted by Gasteiger charge is -2.13. The average molecular weight is 226 g/mol. The van der Waals surface area contributed by atoms with E-state index in [0.29, 0.717) is 11.5 Å². The van der Waals surface area contributed by atoms with E-state index in [9.17, 15) is 0 Å². The molecule has 1 fully saturated rings. The van der Waals surface area contributed by atoms with E-state index >= 15 is 0 Å². The normalized spacial score (nSPS) is 26.4. The lowest BCUT2D eigenvalue weighted by Crippen LogP contribution is -2.24. The van der Waals surface area contributed by atoms with Crippen molar-refractivity contribution in [1.82, 2.24) is 5.32 Å². The summed E-state index contributed by atoms with van der Waals surface area (Å²) in [4.78, 5) is 0. The first-order chi connectivity index (χ1) is 7.42. The molecule has 2 heteroatoms. The maximum Gasteiger partial charge on any atom is 0.00104 e. The van der Waals surface area contributed by atoms with Gasteiger partial charge >= 0.3 is 0 Å². The minimum Gasteiger partial charge on any atom is -0.328 e. The van der Waals surface area contributed by atoms with Gasteiger partial charge in [0.1, 0.15) is 0 Å². The second-order valence-electron chi connectivity index (χ2n) is 6.56. The molecule has 96 valence electrons. The molecule has 2 nitrogen and oxygen atoms in total. The molecule has 0 amide bonds. The van der Waals surface area contributed by atoms with E-state index < -0.39 is 0 Å². The molecule has 0 aromatic carbocycles. The second kappa shape index (κ2) is 6.02. The topological polar surface area (TPSA) is 38.0 Å². The summed E-state index contributed by atoms with van der Waals surface area (Å²) in [6.45, 7) is 11.6. The van der Waals surface area contributed by atoms with Crippen LogP contribution in [0.4, 0.5) is 0 Å². The van der Waals surface area contributed by atoms with Gasteiger partial charge in [-0.1, -0.05) is 27.2 Å². The Bertz CT molecular complexity index is 199. The third kappa shape index (κ3) is 5.31. The standard InChI is InChI=1S/C14H30N2/c1-11(6-5-7-12(2)15)9-16-10-13-8-14(13,3)4/h11-13,16H,5-10,15H2,1-4H3. The molecule has 0 bridgehead atoms. The smallest absolute Gasteiger partial charge is 0.00104 e. The van der Waals surface area contributed by atoms with Crippen molar-refractivity contribution in [3.8, 4) is 0 Å². The van der Waals surface area contributed by atoms with E-state index in [4.69, 9.17) is 5.73 Å². The largest absolute Gasteiger partial charge is 0.328 e. The first-order valence-electron chi connectivity index (χ1n) is 6.88. The predicted molar refractivity (Wildman–Crippen MR) is 71.4 cm³/mol. The molecule has 0 spiro atoms. The predicted octanol–water partition coefficient (Wildman–Crippen LogP) is 2.78. The molecule has 0 saturated heterocycles. The van der Waals surface area contributed by atoms with Gasteiger partial charge < -0.3 is 11.1 Å². The number of hydrogen-bond acceptors (Lipinski definition) is 2. The minimum atomic E-state index is 0.368. The van der Waals surface area contributed by atoms with Crippen LogP contribution in [-0.2, 0) is 0 Å². The minimum absolute atomic E-state index is 0.368. The maximum absolute atomic E-state index is 5.74. The fraction of sp³-hybridized carbons (Fsp3) is 1.00. The highest BCUT2D eigenvalue weighted by Crippen LogP contribution is 2.50. The van der Waals surface area contributed by atoms with E-state index in [2.05, 4.69) is 33.0 Å². The first-order valence-corrected chi connectivity index (χ1v) is 6.88. The monoisotopic (exact) mass is 226 g/mol. The van der Waals surface area contributed by atoms with Crippen LogP contribution >= 0.6 is 0 Å². The van der Waals surface area contributed by atoms with Crippen LogP contribution in [0.2, 0.25) is 0 Å². The molecule has 0 heterocycles. The zero-order chi connectivity index (χ0) is 12.2. The molecular formula is C14H30N2. The molecule has 3 N–H and O–H groups in total. The van der Waals surface area contributed by atoms with Gasteiger partial charge in [0, 0.05) is 6.04 Å². The third-order valence-corrected chi connectivity index (χ3v) is 3.96. The quantitative estimate of drug-likeness (QED) is 0.668. The number of hydrogen-bond donors (Lipinski definition) is 2. The molecule has 0 aromatic rings. The Morgan fingerprint density at radius 1 is 1.31 bits per heavy atom. The van der Waals surface area contributed by atoms with Gasteiger partial charge in [-0.15, -0.1) is 0 Å². The van der Waals surface area contributed by atoms with Crippen molar-refractivity contribution in [3.05, 3.63) is 0 Å². The Morgan fingerprint density at radius 2 is 1.94 bits per heavy atom. The van der Waals surface area contributed by atoms with Crippen molar-refractivity contribution < 1.29 is 0 Å². The fourth-order valence-electron chi connectivity index (χ4n) is 2.32. The zero-order valence-electron chi connectivity index (χ0n) is 11.6. The number of nitrogens with two attached hydrogens (primary N) is 1. The van der Waals surface area contributed by atoms with Crippen LogP contribution in [0.3, 0.4) is 0 Å². The van der Waals surface area contributed by atoms with E-state index in [-0.39, 0.29) is 0 Å². The van der Waals surface area contributed by atoms with Gasteiger partial charge in [0.05, 0.1) is 0 Å². The van der Waals surface area contributed by atoms with E-state index in [1.165, 1.54) is 38.8 Å². The van der Waals surface area contributed by atoms with Crippen LogP contribution in [0.25, 0.3) is 0 Å². The Balaban J connectivity index is 1.92. The van der Waals surface area contributed by atoms with Gasteiger partial charge in [0.2, 0.25) is 0 Å². The molecule has 1 aliphatic carbocycles. The van der Waals surface area contributed by atoms with Crippen LogP contribution in [0, 0.1) is 17.3 Å². The van der Waals surface area contributed by atoms with Crippen LogP contribution in [0.1, 0.15) is 53.4 Å². The summed E-state index contributed by atoms with van der Waals surface area (Å²) >= 11 is 0. The number of rotatable bonds is 8. The highest BCUT2D eigenvalue weighted by atomic mass is 14.9. The molecule has 0 aromatic heterocycles. The Morgan fingerprint density at radius 3 is 2.44 bits per heavy atom. The highest BCUT2D eigenvalue weighted by molar-refractivity contribution is 4.96. The van der Waals surface area contributed by atoms with Gasteiger partial charge in [-0.25, -0.2) is 0 Å². The summed E-state index contributed by atoms with van der Waals surface area (Å²) in [5, 5.41) is 3.61. The van der Waals surface area contributed by atoms with Crippen molar-refractivity contribution in [2.24, 2.45) is 23.0 Å². The Kier molecular flexibility index (Phi) is 5.26. The molecule has 1 saturated carbocycles. The van der Waals surface area contributed by atoms with Crippen LogP contribution in [0.15, 0.2) is 0 Å². The number of nitrogens with one attached hydrogen (secondary N) is 1. The fourth-order valence-corrected chi connectivity index (χ4v) is 2.32. The van der Waals surface area contributed by atoms with Crippen LogP contribution < -0.4 is 11.1 Å². The van der Waals surface area contributed by atoms with Crippen molar-refractivity contribution >= 4 is 0 Å². The van der Waals surface area contributed by atoms with Crippen LogP contribution in [-0.4, -0.2) is 19.1 Å². The molecule has 0 aliphatic heterocycles. The van der Waals surface area contributed by atoms with Crippen molar-refractivity contribution in [2.75, 3.05) is 13.1 Å². The van der Waals surface area contributed by atoms with Gasteiger partial charge in [-0.05, 0) is 56.5 Å². The maximum atomic E-state index is 5.74. The Labute approximate surface area is 101 Å². The second-order valence-corrected chi connectivity index (χ2v) is 6.56. The van der Waals surface area contributed by atoms with E-state index in [0.717, 1.165) is 11.8 Å². The molecule has 1 aliphatic rings. The van der Waals surface area contributed by atoms with Crippen molar-refractivity contribution in [3.63, 3.8) is 0 Å².